The summed E-state index contributed by atoms with van der Waals surface area (Å²) in [7, 11) is 1.84. The van der Waals surface area contributed by atoms with Gasteiger partial charge in [0.2, 0.25) is 0 Å². The van der Waals surface area contributed by atoms with Gasteiger partial charge in [-0.25, -0.2) is 4.79 Å². The molecule has 0 saturated carbocycles. The van der Waals surface area contributed by atoms with Gasteiger partial charge in [0, 0.05) is 41.8 Å². The Morgan fingerprint density at radius 1 is 1.43 bits per heavy atom. The number of aromatic nitrogens is 1. The number of hydrogen-bond acceptors (Lipinski definition) is 5. The van der Waals surface area contributed by atoms with Crippen LogP contribution in [0.1, 0.15) is 12.5 Å². The van der Waals surface area contributed by atoms with Crippen molar-refractivity contribution in [3.63, 3.8) is 0 Å². The lowest BCUT2D eigenvalue weighted by atomic mass is 10.1. The van der Waals surface area contributed by atoms with Crippen LogP contribution in [-0.4, -0.2) is 21.2 Å². The fourth-order valence-electron chi connectivity index (χ4n) is 2.31. The van der Waals surface area contributed by atoms with Gasteiger partial charge in [0.1, 0.15) is 0 Å². The van der Waals surface area contributed by atoms with E-state index in [0.717, 1.165) is 5.52 Å². The quantitative estimate of drug-likeness (QED) is 0.367. The normalized spacial score (nSPS) is 16.4. The summed E-state index contributed by atoms with van der Waals surface area (Å²) in [6.07, 6.45) is 3.44. The predicted molar refractivity (Wildman–Crippen MR) is 76.8 cm³/mol. The van der Waals surface area contributed by atoms with E-state index in [-0.39, 0.29) is 5.69 Å². The minimum absolute atomic E-state index is 0.00716. The molecule has 0 N–H and O–H groups in total. The smallest absolute Gasteiger partial charge is 0.350 e. The van der Waals surface area contributed by atoms with Crippen LogP contribution < -0.4 is 0 Å². The molecular formula is C14H11N3O4. The molecule has 0 unspecified atom stereocenters. The van der Waals surface area contributed by atoms with Gasteiger partial charge in [-0.15, -0.1) is 0 Å². The number of rotatable bonds is 2. The van der Waals surface area contributed by atoms with E-state index in [2.05, 4.69) is 9.99 Å². The SMILES string of the molecule is CC1=NOC(=O)C1=Cc1cn(C)c2ccc([N+](=O)[O-])cc12. The number of non-ortho nitro benzene ring substituents is 1. The predicted octanol–water partition coefficient (Wildman–Crippen LogP) is 2.40. The maximum absolute atomic E-state index is 11.6. The largest absolute Gasteiger partial charge is 0.367 e. The lowest BCUT2D eigenvalue weighted by Crippen LogP contribution is -2.01. The lowest BCUT2D eigenvalue weighted by molar-refractivity contribution is -0.384. The fraction of sp³-hybridized carbons (Fsp3) is 0.143. The zero-order valence-electron chi connectivity index (χ0n) is 11.4. The number of carbonyl (C=O) groups excluding carboxylic acids is 1. The summed E-state index contributed by atoms with van der Waals surface area (Å²) in [6.45, 7) is 1.67. The van der Waals surface area contributed by atoms with Crippen LogP contribution in [-0.2, 0) is 16.7 Å². The number of nitro groups is 1. The van der Waals surface area contributed by atoms with Crippen LogP contribution in [0.25, 0.3) is 17.0 Å². The molecule has 1 aromatic carbocycles. The Labute approximate surface area is 119 Å². The van der Waals surface area contributed by atoms with Crippen molar-refractivity contribution in [1.29, 1.82) is 0 Å². The van der Waals surface area contributed by atoms with Crippen molar-refractivity contribution in [2.45, 2.75) is 6.92 Å². The molecule has 3 rings (SSSR count). The number of nitro benzene ring substituents is 1. The lowest BCUT2D eigenvalue weighted by Gasteiger charge is -1.96. The number of aryl methyl sites for hydroxylation is 1. The molecule has 21 heavy (non-hydrogen) atoms. The van der Waals surface area contributed by atoms with Crippen molar-refractivity contribution in [3.05, 3.63) is 45.6 Å². The highest BCUT2D eigenvalue weighted by Gasteiger charge is 2.22. The highest BCUT2D eigenvalue weighted by atomic mass is 16.7. The summed E-state index contributed by atoms with van der Waals surface area (Å²) in [5.41, 5.74) is 2.40. The topological polar surface area (TPSA) is 86.7 Å². The van der Waals surface area contributed by atoms with Gasteiger partial charge in [-0.2, -0.15) is 0 Å². The Morgan fingerprint density at radius 3 is 2.81 bits per heavy atom. The van der Waals surface area contributed by atoms with E-state index in [9.17, 15) is 14.9 Å². The van der Waals surface area contributed by atoms with Crippen molar-refractivity contribution >= 4 is 34.3 Å². The van der Waals surface area contributed by atoms with Crippen LogP contribution in [0.4, 0.5) is 5.69 Å². The number of carbonyl (C=O) groups is 1. The molecule has 106 valence electrons. The van der Waals surface area contributed by atoms with Gasteiger partial charge in [-0.1, -0.05) is 5.16 Å². The second-order valence-corrected chi connectivity index (χ2v) is 4.77. The summed E-state index contributed by atoms with van der Waals surface area (Å²) in [5, 5.41) is 15.2. The van der Waals surface area contributed by atoms with E-state index < -0.39 is 10.9 Å². The molecule has 0 bridgehead atoms. The third kappa shape index (κ3) is 2.08. The summed E-state index contributed by atoms with van der Waals surface area (Å²) < 4.78 is 1.85. The van der Waals surface area contributed by atoms with Crippen LogP contribution >= 0.6 is 0 Å². The Balaban J connectivity index is 2.21. The van der Waals surface area contributed by atoms with Crippen LogP contribution in [0.2, 0.25) is 0 Å². The number of fused-ring (bicyclic) bond motifs is 1. The molecule has 1 aliphatic rings. The summed E-state index contributed by atoms with van der Waals surface area (Å²) in [6, 6.07) is 4.63. The van der Waals surface area contributed by atoms with E-state index in [1.807, 2.05) is 11.6 Å². The van der Waals surface area contributed by atoms with Crippen LogP contribution in [0, 0.1) is 10.1 Å². The molecular weight excluding hydrogens is 274 g/mol. The summed E-state index contributed by atoms with van der Waals surface area (Å²) in [4.78, 5) is 26.6. The average Bonchev–Trinajstić information content (AvgIpc) is 2.93. The highest BCUT2D eigenvalue weighted by Crippen LogP contribution is 2.28. The maximum Gasteiger partial charge on any atom is 0.367 e. The molecule has 0 spiro atoms. The summed E-state index contributed by atoms with van der Waals surface area (Å²) in [5.74, 6) is -0.519. The van der Waals surface area contributed by atoms with Crippen molar-refractivity contribution in [2.75, 3.05) is 0 Å². The van der Waals surface area contributed by atoms with Gasteiger partial charge >= 0.3 is 5.97 Å². The molecule has 0 fully saturated rings. The zero-order chi connectivity index (χ0) is 15.1. The monoisotopic (exact) mass is 285 g/mol. The van der Waals surface area contributed by atoms with E-state index in [1.54, 1.807) is 25.3 Å². The average molecular weight is 285 g/mol. The highest BCUT2D eigenvalue weighted by molar-refractivity contribution is 6.24. The van der Waals surface area contributed by atoms with E-state index in [1.165, 1.54) is 12.1 Å². The molecule has 2 aromatic rings. The Hall–Kier alpha value is -2.96. The van der Waals surface area contributed by atoms with E-state index >= 15 is 0 Å². The zero-order valence-corrected chi connectivity index (χ0v) is 11.4. The number of oxime groups is 1. The van der Waals surface area contributed by atoms with Gasteiger partial charge < -0.3 is 9.40 Å². The third-order valence-corrected chi connectivity index (χ3v) is 3.39. The van der Waals surface area contributed by atoms with Crippen molar-refractivity contribution in [1.82, 2.24) is 4.57 Å². The minimum Gasteiger partial charge on any atom is -0.350 e. The molecule has 2 heterocycles. The van der Waals surface area contributed by atoms with E-state index in [4.69, 9.17) is 0 Å². The summed E-state index contributed by atoms with van der Waals surface area (Å²) >= 11 is 0. The second kappa shape index (κ2) is 4.55. The van der Waals surface area contributed by atoms with E-state index in [0.29, 0.717) is 22.2 Å². The number of benzene rings is 1. The molecule has 0 saturated heterocycles. The molecule has 1 aliphatic heterocycles. The van der Waals surface area contributed by atoms with Crippen molar-refractivity contribution in [3.8, 4) is 0 Å². The number of hydrogen-bond donors (Lipinski definition) is 0. The van der Waals surface area contributed by atoms with Crippen molar-refractivity contribution < 1.29 is 14.6 Å². The van der Waals surface area contributed by atoms with Gasteiger partial charge in [0.05, 0.1) is 16.2 Å². The first-order valence-electron chi connectivity index (χ1n) is 6.19. The van der Waals surface area contributed by atoms with Crippen molar-refractivity contribution in [2.24, 2.45) is 12.2 Å². The van der Waals surface area contributed by atoms with Gasteiger partial charge in [0.25, 0.3) is 5.69 Å². The van der Waals surface area contributed by atoms with Gasteiger partial charge in [-0.3, -0.25) is 10.1 Å². The molecule has 1 aromatic heterocycles. The first kappa shape index (κ1) is 13.0. The first-order chi connectivity index (χ1) is 9.97. The van der Waals surface area contributed by atoms with Crippen LogP contribution in [0.3, 0.4) is 0 Å². The standard InChI is InChI=1S/C14H11N3O4/c1-8-11(14(18)21-15-8)5-9-7-16(2)13-4-3-10(17(19)20)6-12(9)13/h3-7H,1-2H3. The molecule has 7 heteroatoms. The maximum atomic E-state index is 11.6. The van der Waals surface area contributed by atoms with Gasteiger partial charge in [0.15, 0.2) is 0 Å². The first-order valence-corrected chi connectivity index (χ1v) is 6.19. The van der Waals surface area contributed by atoms with Crippen LogP contribution in [0.5, 0.6) is 0 Å². The molecule has 0 radical (unpaired) electrons. The Bertz CT molecular complexity index is 845. The third-order valence-electron chi connectivity index (χ3n) is 3.39. The molecule has 0 atom stereocenters. The number of nitrogens with zero attached hydrogens (tertiary/aromatic N) is 3. The fourth-order valence-corrected chi connectivity index (χ4v) is 2.31. The minimum atomic E-state index is -0.519. The molecule has 7 nitrogen and oxygen atoms in total. The van der Waals surface area contributed by atoms with Gasteiger partial charge in [-0.05, 0) is 19.1 Å². The second-order valence-electron chi connectivity index (χ2n) is 4.77. The molecule has 0 aliphatic carbocycles. The Morgan fingerprint density at radius 2 is 2.19 bits per heavy atom. The Kier molecular flexibility index (Phi) is 2.83. The molecule has 0 amide bonds. The van der Waals surface area contributed by atoms with Crippen LogP contribution in [0.15, 0.2) is 35.1 Å².